The summed E-state index contributed by atoms with van der Waals surface area (Å²) in [7, 11) is 0. The summed E-state index contributed by atoms with van der Waals surface area (Å²) in [5.41, 5.74) is 7.68. The second-order valence-electron chi connectivity index (χ2n) is 7.29. The van der Waals surface area contributed by atoms with Gasteiger partial charge in [0.2, 0.25) is 0 Å². The molecule has 0 radical (unpaired) electrons. The summed E-state index contributed by atoms with van der Waals surface area (Å²) in [6.45, 7) is 1.87. The number of carbonyl (C=O) groups excluding carboxylic acids is 2. The van der Waals surface area contributed by atoms with Gasteiger partial charge in [-0.3, -0.25) is 9.59 Å². The Morgan fingerprint density at radius 1 is 1.25 bits per heavy atom. The molecule has 0 bridgehead atoms. The third-order valence-corrected chi connectivity index (χ3v) is 6.17. The number of anilines is 1. The Balaban J connectivity index is 1.49. The van der Waals surface area contributed by atoms with E-state index in [9.17, 15) is 14.0 Å². The lowest BCUT2D eigenvalue weighted by Crippen LogP contribution is -2.34. The van der Waals surface area contributed by atoms with E-state index in [1.165, 1.54) is 12.1 Å². The van der Waals surface area contributed by atoms with Crippen LogP contribution >= 0.6 is 15.9 Å². The molecule has 3 rings (SSSR count). The highest BCUT2D eigenvalue weighted by Gasteiger charge is 2.21. The molecule has 0 atom stereocenters. The van der Waals surface area contributed by atoms with E-state index in [-0.39, 0.29) is 5.56 Å². The van der Waals surface area contributed by atoms with Gasteiger partial charge in [-0.15, -0.1) is 0 Å². The van der Waals surface area contributed by atoms with Crippen LogP contribution in [0.2, 0.25) is 0 Å². The number of rotatable bonds is 7. The SMILES string of the molecule is NC(=O)c1ccc(CCCC2CCN(c3cccc(Br)c3C=O)CC2)cc1F. The van der Waals surface area contributed by atoms with Crippen molar-refractivity contribution >= 4 is 33.8 Å². The van der Waals surface area contributed by atoms with E-state index >= 15 is 0 Å². The maximum absolute atomic E-state index is 13.8. The van der Waals surface area contributed by atoms with Crippen molar-refractivity contribution in [1.29, 1.82) is 0 Å². The number of hydrogen-bond donors (Lipinski definition) is 1. The van der Waals surface area contributed by atoms with Gasteiger partial charge in [0.25, 0.3) is 5.91 Å². The molecule has 2 N–H and O–H groups in total. The third kappa shape index (κ3) is 4.79. The number of nitrogens with zero attached hydrogens (tertiary/aromatic N) is 1. The molecule has 4 nitrogen and oxygen atoms in total. The number of aryl methyl sites for hydroxylation is 1. The molecule has 0 unspecified atom stereocenters. The highest BCUT2D eigenvalue weighted by molar-refractivity contribution is 9.10. The molecule has 28 heavy (non-hydrogen) atoms. The molecule has 0 spiro atoms. The Labute approximate surface area is 173 Å². The van der Waals surface area contributed by atoms with Crippen LogP contribution in [0.5, 0.6) is 0 Å². The van der Waals surface area contributed by atoms with E-state index in [1.54, 1.807) is 6.07 Å². The largest absolute Gasteiger partial charge is 0.371 e. The average Bonchev–Trinajstić information content (AvgIpc) is 2.68. The van der Waals surface area contributed by atoms with Crippen LogP contribution in [0.3, 0.4) is 0 Å². The van der Waals surface area contributed by atoms with Gasteiger partial charge >= 0.3 is 0 Å². The molecule has 1 aliphatic heterocycles. The Morgan fingerprint density at radius 2 is 2.00 bits per heavy atom. The summed E-state index contributed by atoms with van der Waals surface area (Å²) >= 11 is 3.45. The zero-order valence-electron chi connectivity index (χ0n) is 15.7. The first kappa shape index (κ1) is 20.5. The molecule has 1 saturated heterocycles. The van der Waals surface area contributed by atoms with Crippen molar-refractivity contribution in [2.24, 2.45) is 11.7 Å². The number of aldehydes is 1. The molecule has 6 heteroatoms. The van der Waals surface area contributed by atoms with Crippen LogP contribution in [0.15, 0.2) is 40.9 Å². The summed E-state index contributed by atoms with van der Waals surface area (Å²) in [4.78, 5) is 24.8. The van der Waals surface area contributed by atoms with Crippen LogP contribution in [0, 0.1) is 11.7 Å². The monoisotopic (exact) mass is 446 g/mol. The summed E-state index contributed by atoms with van der Waals surface area (Å²) in [5, 5.41) is 0. The van der Waals surface area contributed by atoms with Crippen molar-refractivity contribution in [2.75, 3.05) is 18.0 Å². The van der Waals surface area contributed by atoms with Crippen LogP contribution < -0.4 is 10.6 Å². The van der Waals surface area contributed by atoms with Gasteiger partial charge in [-0.25, -0.2) is 4.39 Å². The fraction of sp³-hybridized carbons (Fsp3) is 0.364. The number of carbonyl (C=O) groups is 2. The van der Waals surface area contributed by atoms with Gasteiger partial charge in [-0.05, 0) is 83.8 Å². The molecule has 1 amide bonds. The summed E-state index contributed by atoms with van der Waals surface area (Å²) in [5.74, 6) is -0.643. The second-order valence-corrected chi connectivity index (χ2v) is 8.15. The summed E-state index contributed by atoms with van der Waals surface area (Å²) in [6.07, 6.45) is 5.94. The van der Waals surface area contributed by atoms with E-state index in [1.807, 2.05) is 18.2 Å². The molecule has 1 heterocycles. The normalized spacial score (nSPS) is 14.9. The number of halogens is 2. The number of benzene rings is 2. The van der Waals surface area contributed by atoms with Crippen LogP contribution in [-0.4, -0.2) is 25.3 Å². The number of nitrogens with two attached hydrogens (primary N) is 1. The number of hydrogen-bond acceptors (Lipinski definition) is 3. The molecule has 2 aromatic carbocycles. The van der Waals surface area contributed by atoms with Gasteiger partial charge in [-0.1, -0.05) is 12.1 Å². The van der Waals surface area contributed by atoms with Crippen LogP contribution in [0.1, 0.15) is 52.0 Å². The first-order valence-corrected chi connectivity index (χ1v) is 10.4. The molecule has 0 saturated carbocycles. The van der Waals surface area contributed by atoms with Gasteiger partial charge < -0.3 is 10.6 Å². The first-order chi connectivity index (χ1) is 13.5. The van der Waals surface area contributed by atoms with Crippen molar-refractivity contribution in [1.82, 2.24) is 0 Å². The zero-order chi connectivity index (χ0) is 20.1. The van der Waals surface area contributed by atoms with Crippen molar-refractivity contribution in [3.8, 4) is 0 Å². The molecule has 0 aliphatic carbocycles. The predicted octanol–water partition coefficient (Wildman–Crippen LogP) is 4.74. The zero-order valence-corrected chi connectivity index (χ0v) is 17.3. The lowest BCUT2D eigenvalue weighted by Gasteiger charge is -2.34. The Kier molecular flexibility index (Phi) is 6.83. The van der Waals surface area contributed by atoms with Crippen LogP contribution in [0.25, 0.3) is 0 Å². The molecule has 1 aliphatic rings. The smallest absolute Gasteiger partial charge is 0.251 e. The Morgan fingerprint density at radius 3 is 2.64 bits per heavy atom. The van der Waals surface area contributed by atoms with Gasteiger partial charge in [0, 0.05) is 23.2 Å². The van der Waals surface area contributed by atoms with Gasteiger partial charge in [0.05, 0.1) is 11.1 Å². The minimum Gasteiger partial charge on any atom is -0.371 e. The van der Waals surface area contributed by atoms with E-state index in [0.29, 0.717) is 11.5 Å². The second kappa shape index (κ2) is 9.32. The average molecular weight is 447 g/mol. The van der Waals surface area contributed by atoms with Crippen molar-refractivity contribution in [3.05, 3.63) is 63.4 Å². The predicted molar refractivity (Wildman–Crippen MR) is 112 cm³/mol. The molecule has 0 aromatic heterocycles. The van der Waals surface area contributed by atoms with E-state index < -0.39 is 11.7 Å². The minimum atomic E-state index is -0.737. The molecule has 1 fully saturated rings. The van der Waals surface area contributed by atoms with Crippen LogP contribution in [-0.2, 0) is 6.42 Å². The van der Waals surface area contributed by atoms with E-state index in [0.717, 1.165) is 67.2 Å². The van der Waals surface area contributed by atoms with Crippen molar-refractivity contribution < 1.29 is 14.0 Å². The van der Waals surface area contributed by atoms with Crippen LogP contribution in [0.4, 0.5) is 10.1 Å². The topological polar surface area (TPSA) is 63.4 Å². The summed E-state index contributed by atoms with van der Waals surface area (Å²) < 4.78 is 14.7. The number of piperidine rings is 1. The summed E-state index contributed by atoms with van der Waals surface area (Å²) in [6, 6.07) is 10.5. The fourth-order valence-electron chi connectivity index (χ4n) is 3.89. The molecular weight excluding hydrogens is 423 g/mol. The van der Waals surface area contributed by atoms with Gasteiger partial charge in [-0.2, -0.15) is 0 Å². The van der Waals surface area contributed by atoms with E-state index in [4.69, 9.17) is 5.73 Å². The van der Waals surface area contributed by atoms with Crippen molar-refractivity contribution in [3.63, 3.8) is 0 Å². The lowest BCUT2D eigenvalue weighted by atomic mass is 9.90. The standard InChI is InChI=1S/C22H24BrFN2O2/c23-19-5-2-6-21(18(19)14-27)26-11-9-15(10-12-26)3-1-4-16-7-8-17(22(25)28)20(24)13-16/h2,5-8,13-15H,1,3-4,9-12H2,(H2,25,28). The Bertz CT molecular complexity index is 864. The van der Waals surface area contributed by atoms with Gasteiger partial charge in [0.1, 0.15) is 5.82 Å². The maximum atomic E-state index is 13.8. The number of primary amides is 1. The maximum Gasteiger partial charge on any atom is 0.251 e. The van der Waals surface area contributed by atoms with Gasteiger partial charge in [0.15, 0.2) is 6.29 Å². The highest BCUT2D eigenvalue weighted by Crippen LogP contribution is 2.31. The lowest BCUT2D eigenvalue weighted by molar-refractivity contribution is 0.0996. The van der Waals surface area contributed by atoms with E-state index in [2.05, 4.69) is 20.8 Å². The van der Waals surface area contributed by atoms with Crippen molar-refractivity contribution in [2.45, 2.75) is 32.1 Å². The molecule has 2 aromatic rings. The quantitative estimate of drug-likeness (QED) is 0.624. The molecular formula is C22H24BrFN2O2. The number of amides is 1. The molecule has 148 valence electrons. The first-order valence-electron chi connectivity index (χ1n) is 9.56. The Hall–Kier alpha value is -2.21. The fourth-order valence-corrected chi connectivity index (χ4v) is 4.34. The highest BCUT2D eigenvalue weighted by atomic mass is 79.9. The minimum absolute atomic E-state index is 0.0571. The third-order valence-electron chi connectivity index (χ3n) is 5.48.